The van der Waals surface area contributed by atoms with Gasteiger partial charge in [-0.15, -0.1) is 0 Å². The molecule has 0 aromatic rings. The van der Waals surface area contributed by atoms with Crippen LogP contribution in [-0.2, 0) is 0 Å². The van der Waals surface area contributed by atoms with Crippen LogP contribution in [0.5, 0.6) is 0 Å². The number of carbonyl (C=O) groups is 1. The molecule has 0 aromatic carbocycles. The SMILES string of the molecule is O.O=C(O)O.[AlH3].[AlH3]. The predicted molar refractivity (Wildman–Crippen MR) is 34.1 cm³/mol. The van der Waals surface area contributed by atoms with E-state index in [4.69, 9.17) is 15.0 Å². The Balaban J connectivity index is -0.0000000150. The fourth-order valence-electron chi connectivity index (χ4n) is 0. The highest BCUT2D eigenvalue weighted by Gasteiger charge is 1.70. The molecule has 0 atom stereocenters. The quantitative estimate of drug-likeness (QED) is 0.352. The smallest absolute Gasteiger partial charge is 0.450 e. The minimum Gasteiger partial charge on any atom is -0.450 e. The van der Waals surface area contributed by atoms with E-state index in [1.54, 1.807) is 0 Å². The first-order valence-electron chi connectivity index (χ1n) is 0.651. The van der Waals surface area contributed by atoms with Crippen molar-refractivity contribution in [1.29, 1.82) is 0 Å². The Morgan fingerprint density at radius 1 is 1.14 bits per heavy atom. The molecule has 0 rings (SSSR count). The summed E-state index contributed by atoms with van der Waals surface area (Å²) in [7, 11) is 0. The zero-order valence-corrected chi connectivity index (χ0v) is 2.30. The maximum Gasteiger partial charge on any atom is 0.503 e. The highest BCUT2D eigenvalue weighted by atomic mass is 27.0. The van der Waals surface area contributed by atoms with E-state index >= 15 is 0 Å². The van der Waals surface area contributed by atoms with Gasteiger partial charge in [-0.05, 0) is 0 Å². The fraction of sp³-hybridized carbons (Fsp3) is 0. The molecule has 0 fully saturated rings. The van der Waals surface area contributed by atoms with Gasteiger partial charge in [0.25, 0.3) is 0 Å². The minimum absolute atomic E-state index is 0. The van der Waals surface area contributed by atoms with Crippen molar-refractivity contribution in [2.75, 3.05) is 0 Å². The first-order chi connectivity index (χ1) is 1.73. The highest BCUT2D eigenvalue weighted by molar-refractivity contribution is 5.76. The van der Waals surface area contributed by atoms with Crippen molar-refractivity contribution in [2.45, 2.75) is 0 Å². The Bertz CT molecular complexity index is 32.7. The van der Waals surface area contributed by atoms with Crippen LogP contribution in [-0.4, -0.2) is 56.6 Å². The van der Waals surface area contributed by atoms with Crippen molar-refractivity contribution in [3.05, 3.63) is 0 Å². The molecule has 0 spiro atoms. The molecule has 0 radical (unpaired) electrons. The second-order valence-electron chi connectivity index (χ2n) is 0.283. The normalized spacial score (nSPS) is 3.43. The Labute approximate surface area is 61.7 Å². The molecule has 44 valence electrons. The zero-order valence-electron chi connectivity index (χ0n) is 2.30. The van der Waals surface area contributed by atoms with Crippen LogP contribution in [0.1, 0.15) is 0 Å². The van der Waals surface area contributed by atoms with Gasteiger partial charge < -0.3 is 15.7 Å². The molecule has 0 saturated carbocycles. The van der Waals surface area contributed by atoms with Gasteiger partial charge in [-0.3, -0.25) is 0 Å². The number of hydrogen-bond donors (Lipinski definition) is 2. The molecule has 0 aliphatic rings. The molecule has 0 bridgehead atoms. The number of carboxylic acid groups (broad SMARTS) is 2. The second kappa shape index (κ2) is 16.3. The summed E-state index contributed by atoms with van der Waals surface area (Å²) in [4.78, 5) is 8.56. The summed E-state index contributed by atoms with van der Waals surface area (Å²) in [6.07, 6.45) is -1.83. The van der Waals surface area contributed by atoms with E-state index in [0.717, 1.165) is 0 Å². The maximum absolute atomic E-state index is 8.56. The lowest BCUT2D eigenvalue weighted by Crippen LogP contribution is -1.81. The third-order valence-corrected chi connectivity index (χ3v) is 0. The number of hydrogen-bond acceptors (Lipinski definition) is 1. The summed E-state index contributed by atoms with van der Waals surface area (Å²) in [5, 5.41) is 13.9. The summed E-state index contributed by atoms with van der Waals surface area (Å²) in [5.41, 5.74) is 0. The monoisotopic (exact) mass is 140 g/mol. The molecule has 0 unspecified atom stereocenters. The summed E-state index contributed by atoms with van der Waals surface area (Å²) >= 11 is 0. The average molecular weight is 140 g/mol. The summed E-state index contributed by atoms with van der Waals surface area (Å²) in [6, 6.07) is 0. The Morgan fingerprint density at radius 3 is 1.14 bits per heavy atom. The van der Waals surface area contributed by atoms with Crippen LogP contribution in [0.4, 0.5) is 4.79 Å². The third kappa shape index (κ3) is 1330. The van der Waals surface area contributed by atoms with Gasteiger partial charge in [0, 0.05) is 0 Å². The van der Waals surface area contributed by atoms with Gasteiger partial charge in [0.05, 0.1) is 0 Å². The van der Waals surface area contributed by atoms with Crippen molar-refractivity contribution in [2.24, 2.45) is 0 Å². The van der Waals surface area contributed by atoms with E-state index in [1.807, 2.05) is 0 Å². The predicted octanol–water partition coefficient (Wildman–Crippen LogP) is -2.97. The lowest BCUT2D eigenvalue weighted by Gasteiger charge is -1.60. The second-order valence-corrected chi connectivity index (χ2v) is 0.283. The van der Waals surface area contributed by atoms with Crippen molar-refractivity contribution in [3.63, 3.8) is 0 Å². The molecule has 4 N–H and O–H groups in total. The maximum atomic E-state index is 8.56. The van der Waals surface area contributed by atoms with Crippen LogP contribution in [0.25, 0.3) is 0 Å². The number of rotatable bonds is 0. The molecule has 0 saturated heterocycles. The molecule has 4 nitrogen and oxygen atoms in total. The Hall–Kier alpha value is 0.295. The van der Waals surface area contributed by atoms with Crippen molar-refractivity contribution in [1.82, 2.24) is 0 Å². The van der Waals surface area contributed by atoms with Gasteiger partial charge in [0.2, 0.25) is 0 Å². The van der Waals surface area contributed by atoms with Crippen LogP contribution < -0.4 is 0 Å². The molecular formula is CH10Al2O4. The van der Waals surface area contributed by atoms with E-state index in [-0.39, 0.29) is 40.2 Å². The largest absolute Gasteiger partial charge is 0.503 e. The molecule has 0 amide bonds. The summed E-state index contributed by atoms with van der Waals surface area (Å²) in [6.45, 7) is 0. The standard InChI is InChI=1S/CH2O3.2Al.H2O.6H/c2-1(3)4;;;;;;;;;/h(H2,2,3,4);;;1H2;;;;;;. The molecule has 0 aliphatic carbocycles. The molecule has 0 aromatic heterocycles. The highest BCUT2D eigenvalue weighted by Crippen LogP contribution is 1.42. The van der Waals surface area contributed by atoms with Crippen LogP contribution >= 0.6 is 0 Å². The average Bonchev–Trinajstić information content (AvgIpc) is 0.811. The van der Waals surface area contributed by atoms with Crippen molar-refractivity contribution < 1.29 is 20.5 Å². The van der Waals surface area contributed by atoms with Crippen LogP contribution in [0.15, 0.2) is 0 Å². The fourth-order valence-corrected chi connectivity index (χ4v) is 0. The van der Waals surface area contributed by atoms with E-state index < -0.39 is 6.16 Å². The van der Waals surface area contributed by atoms with Crippen LogP contribution in [0.2, 0.25) is 0 Å². The summed E-state index contributed by atoms with van der Waals surface area (Å²) in [5.74, 6) is 0. The van der Waals surface area contributed by atoms with Gasteiger partial charge in [-0.25, -0.2) is 4.79 Å². The van der Waals surface area contributed by atoms with Crippen LogP contribution in [0.3, 0.4) is 0 Å². The van der Waals surface area contributed by atoms with Gasteiger partial charge in [0.1, 0.15) is 0 Å². The van der Waals surface area contributed by atoms with E-state index in [2.05, 4.69) is 0 Å². The van der Waals surface area contributed by atoms with Gasteiger partial charge >= 0.3 is 6.16 Å². The summed E-state index contributed by atoms with van der Waals surface area (Å²) < 4.78 is 0. The molecule has 0 heterocycles. The first kappa shape index (κ1) is 26.6. The van der Waals surface area contributed by atoms with Gasteiger partial charge in [-0.2, -0.15) is 0 Å². The minimum atomic E-state index is -1.83. The topological polar surface area (TPSA) is 89.0 Å². The van der Waals surface area contributed by atoms with E-state index in [1.165, 1.54) is 0 Å². The third-order valence-electron chi connectivity index (χ3n) is 0. The van der Waals surface area contributed by atoms with Crippen molar-refractivity contribution in [3.8, 4) is 0 Å². The zero-order chi connectivity index (χ0) is 3.58. The molecular weight excluding hydrogens is 130 g/mol. The first-order valence-corrected chi connectivity index (χ1v) is 0.651. The van der Waals surface area contributed by atoms with E-state index in [9.17, 15) is 0 Å². The van der Waals surface area contributed by atoms with Gasteiger partial charge in [0.15, 0.2) is 34.7 Å². The van der Waals surface area contributed by atoms with Gasteiger partial charge in [-0.1, -0.05) is 0 Å². The van der Waals surface area contributed by atoms with Crippen LogP contribution in [0, 0.1) is 0 Å². The van der Waals surface area contributed by atoms with E-state index in [0.29, 0.717) is 0 Å². The van der Waals surface area contributed by atoms with Crippen molar-refractivity contribution >= 4 is 40.9 Å². The lowest BCUT2D eigenvalue weighted by atomic mass is 11.5. The molecule has 6 heteroatoms. The lowest BCUT2D eigenvalue weighted by molar-refractivity contribution is 0.137. The molecule has 0 aliphatic heterocycles. The Kier molecular flexibility index (Phi) is 61.8. The Morgan fingerprint density at radius 2 is 1.14 bits per heavy atom. The molecule has 7 heavy (non-hydrogen) atoms.